The van der Waals surface area contributed by atoms with Gasteiger partial charge in [-0.2, -0.15) is 0 Å². The molecule has 2 aromatic rings. The van der Waals surface area contributed by atoms with E-state index in [1.165, 1.54) is 19.3 Å². The van der Waals surface area contributed by atoms with Gasteiger partial charge in [0.1, 0.15) is 18.3 Å². The van der Waals surface area contributed by atoms with E-state index in [1.54, 1.807) is 31.4 Å². The minimum absolute atomic E-state index is 0.0133. The Labute approximate surface area is 169 Å². The summed E-state index contributed by atoms with van der Waals surface area (Å²) < 4.78 is 15.8. The summed E-state index contributed by atoms with van der Waals surface area (Å²) in [6.07, 6.45) is 8.31. The number of nitrogens with zero attached hydrogens (tertiary/aromatic N) is 1. The van der Waals surface area contributed by atoms with E-state index in [0.29, 0.717) is 35.0 Å². The van der Waals surface area contributed by atoms with Crippen molar-refractivity contribution in [2.75, 3.05) is 0 Å². The van der Waals surface area contributed by atoms with Gasteiger partial charge in [-0.05, 0) is 75.3 Å². The fraction of sp³-hybridized carbons (Fsp3) is 0.591. The maximum absolute atomic E-state index is 13.1. The first kappa shape index (κ1) is 18.5. The number of hydrogen-bond donors (Lipinski definition) is 1. The number of carbonyl (C=O) groups excluding carboxylic acids is 2. The van der Waals surface area contributed by atoms with Crippen molar-refractivity contribution in [1.29, 1.82) is 0 Å². The zero-order valence-electron chi connectivity index (χ0n) is 16.6. The van der Waals surface area contributed by atoms with Crippen LogP contribution in [0.5, 0.6) is 0 Å². The van der Waals surface area contributed by atoms with E-state index < -0.39 is 12.0 Å². The molecule has 7 nitrogen and oxygen atoms in total. The van der Waals surface area contributed by atoms with E-state index in [2.05, 4.69) is 10.5 Å². The maximum atomic E-state index is 13.1. The second-order valence-electron chi connectivity index (χ2n) is 9.16. The zero-order valence-corrected chi connectivity index (χ0v) is 16.6. The molecule has 4 saturated carbocycles. The minimum atomic E-state index is -0.688. The molecule has 7 heteroatoms. The van der Waals surface area contributed by atoms with Crippen LogP contribution in [0.2, 0.25) is 0 Å². The summed E-state index contributed by atoms with van der Waals surface area (Å²) in [7, 11) is 0. The molecule has 1 atom stereocenters. The number of furan rings is 1. The minimum Gasteiger partial charge on any atom is -0.461 e. The quantitative estimate of drug-likeness (QED) is 0.746. The molecule has 0 aromatic carbocycles. The molecule has 0 saturated heterocycles. The summed E-state index contributed by atoms with van der Waals surface area (Å²) in [5.74, 6) is 2.66. The van der Waals surface area contributed by atoms with Crippen LogP contribution in [0.25, 0.3) is 11.5 Å². The van der Waals surface area contributed by atoms with Crippen LogP contribution < -0.4 is 5.32 Å². The molecular formula is C22H26N2O5. The number of carbonyl (C=O) groups is 2. The molecule has 0 aliphatic heterocycles. The molecular weight excluding hydrogens is 372 g/mol. The molecule has 6 rings (SSSR count). The fourth-order valence-corrected chi connectivity index (χ4v) is 5.98. The summed E-state index contributed by atoms with van der Waals surface area (Å²) in [6, 6.07) is 4.50. The van der Waals surface area contributed by atoms with E-state index in [0.717, 1.165) is 19.3 Å². The Balaban J connectivity index is 1.15. The monoisotopic (exact) mass is 398 g/mol. The van der Waals surface area contributed by atoms with Gasteiger partial charge in [0.25, 0.3) is 0 Å². The van der Waals surface area contributed by atoms with Crippen LogP contribution >= 0.6 is 0 Å². The number of ether oxygens (including phenoxy) is 1. The van der Waals surface area contributed by atoms with Crippen LogP contribution in [0.1, 0.15) is 51.1 Å². The highest BCUT2D eigenvalue weighted by molar-refractivity contribution is 5.88. The molecule has 4 aliphatic carbocycles. The van der Waals surface area contributed by atoms with Crippen LogP contribution in [-0.2, 0) is 20.9 Å². The average Bonchev–Trinajstić information content (AvgIpc) is 3.36. The predicted octanol–water partition coefficient (Wildman–Crippen LogP) is 3.70. The van der Waals surface area contributed by atoms with Gasteiger partial charge in [0, 0.05) is 11.5 Å². The molecule has 0 unspecified atom stereocenters. The largest absolute Gasteiger partial charge is 0.461 e. The lowest BCUT2D eigenvalue weighted by molar-refractivity contribution is -0.154. The molecule has 0 spiro atoms. The second kappa shape index (κ2) is 7.04. The Bertz CT molecular complexity index is 865. The molecule has 4 fully saturated rings. The Morgan fingerprint density at radius 2 is 1.90 bits per heavy atom. The summed E-state index contributed by atoms with van der Waals surface area (Å²) in [5.41, 5.74) is 0.220. The van der Waals surface area contributed by atoms with Gasteiger partial charge in [0.2, 0.25) is 11.7 Å². The highest BCUT2D eigenvalue weighted by atomic mass is 16.5. The van der Waals surface area contributed by atoms with Crippen molar-refractivity contribution in [1.82, 2.24) is 10.5 Å². The normalized spacial score (nSPS) is 30.9. The van der Waals surface area contributed by atoms with Crippen molar-refractivity contribution < 1.29 is 23.3 Å². The highest BCUT2D eigenvalue weighted by Gasteiger charge is 2.54. The molecule has 0 radical (unpaired) electrons. The van der Waals surface area contributed by atoms with Crippen molar-refractivity contribution in [3.63, 3.8) is 0 Å². The van der Waals surface area contributed by atoms with Gasteiger partial charge in [0.15, 0.2) is 5.76 Å². The van der Waals surface area contributed by atoms with Gasteiger partial charge < -0.3 is 19.0 Å². The molecule has 1 amide bonds. The van der Waals surface area contributed by atoms with Gasteiger partial charge >= 0.3 is 5.97 Å². The molecule has 2 aromatic heterocycles. The number of esters is 1. The first-order chi connectivity index (χ1) is 14.0. The van der Waals surface area contributed by atoms with Crippen LogP contribution in [0, 0.1) is 23.2 Å². The van der Waals surface area contributed by atoms with Crippen LogP contribution in [0.15, 0.2) is 33.4 Å². The van der Waals surface area contributed by atoms with Crippen LogP contribution in [0.3, 0.4) is 0 Å². The second-order valence-corrected chi connectivity index (χ2v) is 9.16. The lowest BCUT2D eigenvalue weighted by Gasteiger charge is -2.55. The van der Waals surface area contributed by atoms with Gasteiger partial charge in [-0.1, -0.05) is 5.16 Å². The summed E-state index contributed by atoms with van der Waals surface area (Å²) >= 11 is 0. The Morgan fingerprint density at radius 3 is 2.52 bits per heavy atom. The van der Waals surface area contributed by atoms with E-state index in [4.69, 9.17) is 13.7 Å². The zero-order chi connectivity index (χ0) is 20.0. The molecule has 29 heavy (non-hydrogen) atoms. The topological polar surface area (TPSA) is 94.6 Å². The van der Waals surface area contributed by atoms with Crippen LogP contribution in [0.4, 0.5) is 0 Å². The van der Waals surface area contributed by atoms with E-state index in [9.17, 15) is 9.59 Å². The fourth-order valence-electron chi connectivity index (χ4n) is 5.98. The van der Waals surface area contributed by atoms with E-state index in [-0.39, 0.29) is 17.9 Å². The molecule has 4 bridgehead atoms. The van der Waals surface area contributed by atoms with Gasteiger partial charge in [0.05, 0.1) is 6.26 Å². The number of aromatic nitrogens is 1. The van der Waals surface area contributed by atoms with Crippen molar-refractivity contribution in [2.45, 2.75) is 58.1 Å². The summed E-state index contributed by atoms with van der Waals surface area (Å²) in [6.45, 7) is 1.67. The number of hydrogen-bond acceptors (Lipinski definition) is 6. The predicted molar refractivity (Wildman–Crippen MR) is 102 cm³/mol. The number of rotatable bonds is 6. The van der Waals surface area contributed by atoms with E-state index in [1.807, 2.05) is 0 Å². The summed E-state index contributed by atoms with van der Waals surface area (Å²) in [5, 5.41) is 6.82. The third-order valence-corrected chi connectivity index (χ3v) is 6.91. The van der Waals surface area contributed by atoms with Crippen molar-refractivity contribution >= 4 is 11.9 Å². The highest BCUT2D eigenvalue weighted by Crippen LogP contribution is 2.60. The Kier molecular flexibility index (Phi) is 4.48. The Hall–Kier alpha value is -2.57. The lowest BCUT2D eigenvalue weighted by Crippen LogP contribution is -2.55. The van der Waals surface area contributed by atoms with Gasteiger partial charge in [-0.25, -0.2) is 4.79 Å². The molecule has 4 aliphatic rings. The van der Waals surface area contributed by atoms with Gasteiger partial charge in [-0.15, -0.1) is 0 Å². The van der Waals surface area contributed by atoms with Crippen LogP contribution in [-0.4, -0.2) is 23.1 Å². The smallest absolute Gasteiger partial charge is 0.328 e. The third kappa shape index (κ3) is 3.47. The molecule has 2 heterocycles. The average molecular weight is 398 g/mol. The third-order valence-electron chi connectivity index (χ3n) is 6.91. The van der Waals surface area contributed by atoms with Gasteiger partial charge in [-0.3, -0.25) is 4.79 Å². The van der Waals surface area contributed by atoms with Crippen molar-refractivity contribution in [2.24, 2.45) is 23.2 Å². The van der Waals surface area contributed by atoms with Crippen molar-refractivity contribution in [3.8, 4) is 11.5 Å². The molecule has 1 N–H and O–H groups in total. The van der Waals surface area contributed by atoms with Crippen molar-refractivity contribution in [3.05, 3.63) is 30.2 Å². The Morgan fingerprint density at radius 1 is 1.21 bits per heavy atom. The van der Waals surface area contributed by atoms with E-state index >= 15 is 0 Å². The summed E-state index contributed by atoms with van der Waals surface area (Å²) in [4.78, 5) is 25.5. The lowest BCUT2D eigenvalue weighted by atomic mass is 9.49. The first-order valence-corrected chi connectivity index (χ1v) is 10.5. The SMILES string of the molecule is C[C@H](NC(=O)C12CC3CC(CC(C3)C1)C2)C(=O)OCc1cc(-c2ccco2)on1. The first-order valence-electron chi connectivity index (χ1n) is 10.5. The maximum Gasteiger partial charge on any atom is 0.328 e. The number of nitrogens with one attached hydrogen (secondary N) is 1. The molecule has 154 valence electrons. The number of amides is 1. The standard InChI is InChI=1S/C22H26N2O5/c1-13(20(25)28-12-17-8-19(29-24-17)18-3-2-4-27-18)23-21(26)22-9-14-5-15(10-22)7-16(6-14)11-22/h2-4,8,13-16H,5-7,9-12H2,1H3,(H,23,26)/t13-,14?,15?,16?,22?/m0/s1.